The van der Waals surface area contributed by atoms with Crippen LogP contribution < -0.4 is 5.32 Å². The molecule has 1 atom stereocenters. The van der Waals surface area contributed by atoms with Crippen molar-refractivity contribution in [2.45, 2.75) is 38.5 Å². The smallest absolute Gasteiger partial charge is 0.326 e. The lowest BCUT2D eigenvalue weighted by Gasteiger charge is -2.15. The summed E-state index contributed by atoms with van der Waals surface area (Å²) in [5, 5.41) is 11.8. The maximum atomic E-state index is 12.2. The first kappa shape index (κ1) is 15.4. The number of fused-ring (bicyclic) bond motifs is 1. The third-order valence-corrected chi connectivity index (χ3v) is 5.41. The molecule has 110 valence electrons. The Kier molecular flexibility index (Phi) is 5.10. The fourth-order valence-electron chi connectivity index (χ4n) is 2.18. The van der Waals surface area contributed by atoms with Gasteiger partial charge in [0.15, 0.2) is 0 Å². The summed E-state index contributed by atoms with van der Waals surface area (Å²) in [7, 11) is 0. The molecule has 0 aromatic carbocycles. The second kappa shape index (κ2) is 6.63. The number of thioether (sulfide) groups is 1. The standard InChI is InChI=1S/C14H19NO3S2/c1-8(2)5-10(14(17)18)15-13(16)12-6-9-7-19-4-3-11(9)20-12/h6,8,10H,3-5,7H2,1-2H3,(H,15,16)(H,17,18). The third-order valence-electron chi connectivity index (χ3n) is 3.16. The molecule has 0 radical (unpaired) electrons. The Morgan fingerprint density at radius 3 is 2.80 bits per heavy atom. The van der Waals surface area contributed by atoms with Crippen LogP contribution in [0.25, 0.3) is 0 Å². The Morgan fingerprint density at radius 2 is 2.20 bits per heavy atom. The number of nitrogens with one attached hydrogen (secondary N) is 1. The van der Waals surface area contributed by atoms with Crippen LogP contribution in [0.5, 0.6) is 0 Å². The molecule has 4 nitrogen and oxygen atoms in total. The minimum atomic E-state index is -0.969. The van der Waals surface area contributed by atoms with Crippen molar-refractivity contribution in [3.63, 3.8) is 0 Å². The molecule has 0 saturated heterocycles. The van der Waals surface area contributed by atoms with Crippen LogP contribution in [0.1, 0.15) is 40.4 Å². The molecule has 1 amide bonds. The van der Waals surface area contributed by atoms with Crippen molar-refractivity contribution >= 4 is 35.0 Å². The van der Waals surface area contributed by atoms with Gasteiger partial charge in [-0.1, -0.05) is 13.8 Å². The molecule has 0 spiro atoms. The zero-order valence-corrected chi connectivity index (χ0v) is 13.3. The van der Waals surface area contributed by atoms with Gasteiger partial charge in [-0.05, 0) is 36.1 Å². The van der Waals surface area contributed by atoms with Crippen LogP contribution in [0.4, 0.5) is 0 Å². The SMILES string of the molecule is CC(C)CC(NC(=O)c1cc2c(s1)CCSC2)C(=O)O. The van der Waals surface area contributed by atoms with Crippen molar-refractivity contribution < 1.29 is 14.7 Å². The molecule has 6 heteroatoms. The summed E-state index contributed by atoms with van der Waals surface area (Å²) in [5.74, 6) is 1.04. The van der Waals surface area contributed by atoms with E-state index < -0.39 is 12.0 Å². The molecule has 1 unspecified atom stereocenters. The Balaban J connectivity index is 2.06. The second-order valence-electron chi connectivity index (χ2n) is 5.36. The van der Waals surface area contributed by atoms with Gasteiger partial charge in [0.05, 0.1) is 4.88 Å². The van der Waals surface area contributed by atoms with Crippen molar-refractivity contribution in [3.8, 4) is 0 Å². The lowest BCUT2D eigenvalue weighted by Crippen LogP contribution is -2.41. The number of carbonyl (C=O) groups excluding carboxylic acids is 1. The van der Waals surface area contributed by atoms with Crippen LogP contribution in [0.2, 0.25) is 0 Å². The number of hydrogen-bond acceptors (Lipinski definition) is 4. The maximum Gasteiger partial charge on any atom is 0.326 e. The molecule has 2 rings (SSSR count). The van der Waals surface area contributed by atoms with E-state index in [4.69, 9.17) is 5.11 Å². The number of thiophene rings is 1. The van der Waals surface area contributed by atoms with Crippen LogP contribution in [0.15, 0.2) is 6.07 Å². The quantitative estimate of drug-likeness (QED) is 0.877. The van der Waals surface area contributed by atoms with Gasteiger partial charge in [-0.3, -0.25) is 4.79 Å². The highest BCUT2D eigenvalue weighted by atomic mass is 32.2. The molecule has 2 N–H and O–H groups in total. The van der Waals surface area contributed by atoms with Crippen LogP contribution in [0, 0.1) is 5.92 Å². The first-order valence-corrected chi connectivity index (χ1v) is 8.67. The van der Waals surface area contributed by atoms with Gasteiger partial charge in [-0.25, -0.2) is 4.79 Å². The normalized spacial score (nSPS) is 15.8. The van der Waals surface area contributed by atoms with Crippen LogP contribution in [-0.4, -0.2) is 28.8 Å². The highest BCUT2D eigenvalue weighted by molar-refractivity contribution is 7.98. The zero-order chi connectivity index (χ0) is 14.7. The molecule has 0 bridgehead atoms. The predicted octanol–water partition coefficient (Wildman–Crippen LogP) is 2.77. The largest absolute Gasteiger partial charge is 0.480 e. The van der Waals surface area contributed by atoms with E-state index in [0.29, 0.717) is 11.3 Å². The van der Waals surface area contributed by atoms with Crippen LogP contribution in [0.3, 0.4) is 0 Å². The predicted molar refractivity (Wildman–Crippen MR) is 82.5 cm³/mol. The van der Waals surface area contributed by atoms with Crippen molar-refractivity contribution in [2.75, 3.05) is 5.75 Å². The van der Waals surface area contributed by atoms with Gasteiger partial charge in [0.1, 0.15) is 6.04 Å². The number of carboxylic acids is 1. The third kappa shape index (κ3) is 3.76. The van der Waals surface area contributed by atoms with Gasteiger partial charge in [0, 0.05) is 10.6 Å². The van der Waals surface area contributed by atoms with Gasteiger partial charge in [0.2, 0.25) is 0 Å². The number of rotatable bonds is 5. The topological polar surface area (TPSA) is 66.4 Å². The Labute approximate surface area is 127 Å². The monoisotopic (exact) mass is 313 g/mol. The van der Waals surface area contributed by atoms with Gasteiger partial charge in [-0.2, -0.15) is 11.8 Å². The van der Waals surface area contributed by atoms with Crippen molar-refractivity contribution in [2.24, 2.45) is 5.92 Å². The van der Waals surface area contributed by atoms with Crippen LogP contribution >= 0.6 is 23.1 Å². The number of carbonyl (C=O) groups is 2. The number of aliphatic carboxylic acids is 1. The van der Waals surface area contributed by atoms with Crippen LogP contribution in [-0.2, 0) is 17.0 Å². The summed E-state index contributed by atoms with van der Waals surface area (Å²) in [6, 6.07) is 1.10. The molecule has 1 aromatic heterocycles. The molecule has 0 aliphatic carbocycles. The van der Waals surface area contributed by atoms with E-state index in [1.807, 2.05) is 31.7 Å². The minimum Gasteiger partial charge on any atom is -0.480 e. The number of carboxylic acid groups (broad SMARTS) is 1. The van der Waals surface area contributed by atoms with Gasteiger partial charge >= 0.3 is 5.97 Å². The zero-order valence-electron chi connectivity index (χ0n) is 11.6. The number of hydrogen-bond donors (Lipinski definition) is 2. The Morgan fingerprint density at radius 1 is 1.45 bits per heavy atom. The summed E-state index contributed by atoms with van der Waals surface area (Å²) >= 11 is 3.37. The number of amides is 1. The molecule has 1 aliphatic heterocycles. The molecular weight excluding hydrogens is 294 g/mol. The second-order valence-corrected chi connectivity index (χ2v) is 7.60. The van der Waals surface area contributed by atoms with E-state index in [0.717, 1.165) is 17.9 Å². The van der Waals surface area contributed by atoms with E-state index in [1.54, 1.807) is 0 Å². The van der Waals surface area contributed by atoms with Gasteiger partial charge in [-0.15, -0.1) is 11.3 Å². The first-order chi connectivity index (χ1) is 9.47. The molecule has 20 heavy (non-hydrogen) atoms. The number of aryl methyl sites for hydroxylation is 1. The van der Waals surface area contributed by atoms with Gasteiger partial charge in [0.25, 0.3) is 5.91 Å². The average Bonchev–Trinajstić information content (AvgIpc) is 2.81. The van der Waals surface area contributed by atoms with Crippen molar-refractivity contribution in [1.29, 1.82) is 0 Å². The minimum absolute atomic E-state index is 0.226. The van der Waals surface area contributed by atoms with Crippen molar-refractivity contribution in [1.82, 2.24) is 5.32 Å². The molecular formula is C14H19NO3S2. The van der Waals surface area contributed by atoms with E-state index in [2.05, 4.69) is 5.32 Å². The molecule has 1 aromatic rings. The van der Waals surface area contributed by atoms with E-state index in [-0.39, 0.29) is 11.8 Å². The highest BCUT2D eigenvalue weighted by Crippen LogP contribution is 2.31. The molecule has 0 saturated carbocycles. The Bertz CT molecular complexity index is 487. The van der Waals surface area contributed by atoms with E-state index >= 15 is 0 Å². The molecule has 0 fully saturated rings. The maximum absolute atomic E-state index is 12.2. The summed E-state index contributed by atoms with van der Waals surface area (Å²) in [5.41, 5.74) is 1.23. The lowest BCUT2D eigenvalue weighted by atomic mass is 10.0. The van der Waals surface area contributed by atoms with E-state index in [9.17, 15) is 9.59 Å². The first-order valence-electron chi connectivity index (χ1n) is 6.70. The molecule has 1 aliphatic rings. The Hall–Kier alpha value is -1.01. The van der Waals surface area contributed by atoms with Gasteiger partial charge < -0.3 is 10.4 Å². The summed E-state index contributed by atoms with van der Waals surface area (Å²) < 4.78 is 0. The fraction of sp³-hybridized carbons (Fsp3) is 0.571. The summed E-state index contributed by atoms with van der Waals surface area (Å²) in [4.78, 5) is 25.3. The van der Waals surface area contributed by atoms with Crippen molar-refractivity contribution in [3.05, 3.63) is 21.4 Å². The lowest BCUT2D eigenvalue weighted by molar-refractivity contribution is -0.139. The molecule has 2 heterocycles. The summed E-state index contributed by atoms with van der Waals surface area (Å²) in [6.07, 6.45) is 1.45. The average molecular weight is 313 g/mol. The van der Waals surface area contributed by atoms with E-state index in [1.165, 1.54) is 21.8 Å². The summed E-state index contributed by atoms with van der Waals surface area (Å²) in [6.45, 7) is 3.90. The fourth-order valence-corrected chi connectivity index (χ4v) is 4.46. The highest BCUT2D eigenvalue weighted by Gasteiger charge is 2.24.